The molecular formula is C13H26N6O. The third-order valence-corrected chi connectivity index (χ3v) is 2.68. The lowest BCUT2D eigenvalue weighted by molar-refractivity contribution is 0.0943. The van der Waals surface area contributed by atoms with Gasteiger partial charge in [0.25, 0.3) is 0 Å². The van der Waals surface area contributed by atoms with Crippen molar-refractivity contribution in [1.29, 1.82) is 0 Å². The normalized spacial score (nSPS) is 11.3. The van der Waals surface area contributed by atoms with E-state index in [1.54, 1.807) is 13.8 Å². The fourth-order valence-corrected chi connectivity index (χ4v) is 1.62. The fourth-order valence-electron chi connectivity index (χ4n) is 1.62. The number of nitrogens with one attached hydrogen (secondary N) is 2. The van der Waals surface area contributed by atoms with Crippen molar-refractivity contribution < 1.29 is 5.11 Å². The van der Waals surface area contributed by atoms with Crippen LogP contribution in [-0.2, 0) is 0 Å². The van der Waals surface area contributed by atoms with Crippen LogP contribution in [0.4, 0.5) is 17.8 Å². The van der Waals surface area contributed by atoms with E-state index < -0.39 is 5.60 Å². The van der Waals surface area contributed by atoms with Gasteiger partial charge in [-0.3, -0.25) is 0 Å². The van der Waals surface area contributed by atoms with E-state index in [0.717, 1.165) is 19.6 Å². The van der Waals surface area contributed by atoms with Crippen molar-refractivity contribution in [2.24, 2.45) is 0 Å². The van der Waals surface area contributed by atoms with Gasteiger partial charge in [0.2, 0.25) is 17.8 Å². The number of hydrogen-bond donors (Lipinski definition) is 3. The molecule has 1 aromatic rings. The second kappa shape index (κ2) is 7.23. The zero-order chi connectivity index (χ0) is 15.2. The second-order valence-electron chi connectivity index (χ2n) is 5.15. The Hall–Kier alpha value is -1.63. The first-order chi connectivity index (χ1) is 9.39. The molecule has 7 heteroatoms. The third kappa shape index (κ3) is 5.16. The van der Waals surface area contributed by atoms with Crippen LogP contribution in [0.15, 0.2) is 0 Å². The predicted octanol–water partition coefficient (Wildman–Crippen LogP) is 1.33. The molecule has 0 aliphatic heterocycles. The average molecular weight is 282 g/mol. The molecule has 0 unspecified atom stereocenters. The second-order valence-corrected chi connectivity index (χ2v) is 5.15. The third-order valence-electron chi connectivity index (χ3n) is 2.68. The van der Waals surface area contributed by atoms with E-state index in [9.17, 15) is 5.11 Å². The van der Waals surface area contributed by atoms with Crippen molar-refractivity contribution in [1.82, 2.24) is 15.0 Å². The highest BCUT2D eigenvalue weighted by Crippen LogP contribution is 2.14. The van der Waals surface area contributed by atoms with Gasteiger partial charge in [-0.05, 0) is 34.6 Å². The largest absolute Gasteiger partial charge is 0.389 e. The Morgan fingerprint density at radius 3 is 2.00 bits per heavy atom. The minimum Gasteiger partial charge on any atom is -0.389 e. The summed E-state index contributed by atoms with van der Waals surface area (Å²) in [6.07, 6.45) is 0. The predicted molar refractivity (Wildman–Crippen MR) is 82.3 cm³/mol. The van der Waals surface area contributed by atoms with Crippen LogP contribution < -0.4 is 15.5 Å². The maximum atomic E-state index is 9.76. The van der Waals surface area contributed by atoms with Crippen molar-refractivity contribution in [3.8, 4) is 0 Å². The molecule has 0 saturated carbocycles. The van der Waals surface area contributed by atoms with Gasteiger partial charge in [-0.2, -0.15) is 15.0 Å². The summed E-state index contributed by atoms with van der Waals surface area (Å²) < 4.78 is 0. The molecule has 20 heavy (non-hydrogen) atoms. The van der Waals surface area contributed by atoms with E-state index in [1.807, 2.05) is 6.92 Å². The summed E-state index contributed by atoms with van der Waals surface area (Å²) in [5.74, 6) is 1.65. The van der Waals surface area contributed by atoms with Crippen molar-refractivity contribution in [2.45, 2.75) is 40.2 Å². The molecule has 1 aromatic heterocycles. The zero-order valence-electron chi connectivity index (χ0n) is 13.1. The SMILES string of the molecule is CCNc1nc(NCC(C)(C)O)nc(N(CC)CC)n1. The zero-order valence-corrected chi connectivity index (χ0v) is 13.1. The van der Waals surface area contributed by atoms with E-state index in [2.05, 4.69) is 44.3 Å². The number of rotatable bonds is 8. The van der Waals surface area contributed by atoms with Crippen LogP contribution in [-0.4, -0.2) is 51.8 Å². The van der Waals surface area contributed by atoms with Gasteiger partial charge >= 0.3 is 0 Å². The first-order valence-electron chi connectivity index (χ1n) is 7.10. The van der Waals surface area contributed by atoms with Crippen molar-refractivity contribution >= 4 is 17.8 Å². The smallest absolute Gasteiger partial charge is 0.231 e. The molecule has 0 amide bonds. The lowest BCUT2D eigenvalue weighted by Gasteiger charge is -2.21. The molecule has 0 spiro atoms. The number of hydrogen-bond acceptors (Lipinski definition) is 7. The summed E-state index contributed by atoms with van der Waals surface area (Å²) in [6, 6.07) is 0. The molecule has 0 atom stereocenters. The van der Waals surface area contributed by atoms with Crippen LogP contribution >= 0.6 is 0 Å². The van der Waals surface area contributed by atoms with E-state index in [1.165, 1.54) is 0 Å². The van der Waals surface area contributed by atoms with Crippen molar-refractivity contribution in [3.05, 3.63) is 0 Å². The molecule has 1 rings (SSSR count). The number of aliphatic hydroxyl groups is 1. The molecule has 0 fully saturated rings. The van der Waals surface area contributed by atoms with Gasteiger partial charge in [0.05, 0.1) is 5.60 Å². The van der Waals surface area contributed by atoms with Gasteiger partial charge in [0, 0.05) is 26.2 Å². The molecule has 0 radical (unpaired) electrons. The Kier molecular flexibility index (Phi) is 5.94. The van der Waals surface area contributed by atoms with Gasteiger partial charge < -0.3 is 20.6 Å². The van der Waals surface area contributed by atoms with Crippen LogP contribution in [0.5, 0.6) is 0 Å². The van der Waals surface area contributed by atoms with Crippen molar-refractivity contribution in [3.63, 3.8) is 0 Å². The Morgan fingerprint density at radius 1 is 1.00 bits per heavy atom. The lowest BCUT2D eigenvalue weighted by Crippen LogP contribution is -2.31. The average Bonchev–Trinajstić information content (AvgIpc) is 2.37. The molecule has 0 saturated heterocycles. The molecule has 0 bridgehead atoms. The Morgan fingerprint density at radius 2 is 1.55 bits per heavy atom. The van der Waals surface area contributed by atoms with E-state index in [4.69, 9.17) is 0 Å². The quantitative estimate of drug-likeness (QED) is 0.663. The summed E-state index contributed by atoms with van der Waals surface area (Å²) in [5, 5.41) is 15.9. The number of aromatic nitrogens is 3. The Labute approximate surface area is 120 Å². The standard InChI is InChI=1S/C13H26N6O/c1-6-14-10-16-11(15-9-13(4,5)20)18-12(17-10)19(7-2)8-3/h20H,6-9H2,1-5H3,(H2,14,15,16,17,18). The summed E-state index contributed by atoms with van der Waals surface area (Å²) in [6.45, 7) is 12.4. The number of anilines is 3. The molecule has 0 aliphatic carbocycles. The summed E-state index contributed by atoms with van der Waals surface area (Å²) in [5.41, 5.74) is -0.819. The molecule has 7 nitrogen and oxygen atoms in total. The van der Waals surface area contributed by atoms with Crippen LogP contribution in [0.1, 0.15) is 34.6 Å². The van der Waals surface area contributed by atoms with Gasteiger partial charge in [-0.25, -0.2) is 0 Å². The lowest BCUT2D eigenvalue weighted by atomic mass is 10.1. The van der Waals surface area contributed by atoms with E-state index >= 15 is 0 Å². The van der Waals surface area contributed by atoms with Crippen LogP contribution in [0.25, 0.3) is 0 Å². The molecule has 1 heterocycles. The Balaban J connectivity index is 2.97. The molecule has 0 aliphatic rings. The summed E-state index contributed by atoms with van der Waals surface area (Å²) in [7, 11) is 0. The maximum Gasteiger partial charge on any atom is 0.231 e. The topological polar surface area (TPSA) is 86.2 Å². The highest BCUT2D eigenvalue weighted by molar-refractivity contribution is 5.43. The molecule has 0 aromatic carbocycles. The number of nitrogens with zero attached hydrogens (tertiary/aromatic N) is 4. The fraction of sp³-hybridized carbons (Fsp3) is 0.769. The highest BCUT2D eigenvalue weighted by Gasteiger charge is 2.15. The van der Waals surface area contributed by atoms with Crippen LogP contribution in [0, 0.1) is 0 Å². The first kappa shape index (κ1) is 16.4. The van der Waals surface area contributed by atoms with E-state index in [-0.39, 0.29) is 0 Å². The van der Waals surface area contributed by atoms with E-state index in [0.29, 0.717) is 24.4 Å². The van der Waals surface area contributed by atoms with Gasteiger partial charge in [-0.15, -0.1) is 0 Å². The van der Waals surface area contributed by atoms with Gasteiger partial charge in [-0.1, -0.05) is 0 Å². The van der Waals surface area contributed by atoms with Gasteiger partial charge in [0.1, 0.15) is 0 Å². The molecule has 114 valence electrons. The minimum absolute atomic E-state index is 0.375. The molecular weight excluding hydrogens is 256 g/mol. The van der Waals surface area contributed by atoms with Crippen LogP contribution in [0.2, 0.25) is 0 Å². The molecule has 3 N–H and O–H groups in total. The van der Waals surface area contributed by atoms with Gasteiger partial charge in [0.15, 0.2) is 0 Å². The minimum atomic E-state index is -0.819. The monoisotopic (exact) mass is 282 g/mol. The maximum absolute atomic E-state index is 9.76. The van der Waals surface area contributed by atoms with Crippen molar-refractivity contribution in [2.75, 3.05) is 41.7 Å². The highest BCUT2D eigenvalue weighted by atomic mass is 16.3. The Bertz CT molecular complexity index is 414. The van der Waals surface area contributed by atoms with Crippen LogP contribution in [0.3, 0.4) is 0 Å². The summed E-state index contributed by atoms with van der Waals surface area (Å²) >= 11 is 0. The summed E-state index contributed by atoms with van der Waals surface area (Å²) in [4.78, 5) is 15.2. The first-order valence-corrected chi connectivity index (χ1v) is 7.10.